The molecule has 1 fully saturated rings. The molecule has 0 saturated carbocycles. The van der Waals surface area contributed by atoms with E-state index in [0.717, 1.165) is 22.7 Å². The maximum Gasteiger partial charge on any atom is 0.326 e. The van der Waals surface area contributed by atoms with Crippen LogP contribution in [0.5, 0.6) is 0 Å². The van der Waals surface area contributed by atoms with Gasteiger partial charge in [0.2, 0.25) is 0 Å². The molecule has 1 saturated heterocycles. The summed E-state index contributed by atoms with van der Waals surface area (Å²) in [6.45, 7) is 2.41. The van der Waals surface area contributed by atoms with Crippen LogP contribution in [0, 0.1) is 6.92 Å². The van der Waals surface area contributed by atoms with E-state index in [9.17, 15) is 9.59 Å². The quantitative estimate of drug-likeness (QED) is 0.909. The van der Waals surface area contributed by atoms with Gasteiger partial charge in [0.1, 0.15) is 11.7 Å². The van der Waals surface area contributed by atoms with E-state index in [1.807, 2.05) is 12.3 Å². The van der Waals surface area contributed by atoms with E-state index >= 15 is 0 Å². The number of carboxylic acids is 1. The molecule has 3 rings (SSSR count). The van der Waals surface area contributed by atoms with Crippen LogP contribution < -0.4 is 0 Å². The van der Waals surface area contributed by atoms with Gasteiger partial charge in [0.25, 0.3) is 5.91 Å². The molecule has 2 aromatic rings. The van der Waals surface area contributed by atoms with E-state index in [-0.39, 0.29) is 5.91 Å². The minimum atomic E-state index is -0.942. The first-order valence-electron chi connectivity index (χ1n) is 6.71. The number of H-pyrrole nitrogens is 1. The van der Waals surface area contributed by atoms with E-state index in [1.54, 1.807) is 23.6 Å². The number of hydrogen-bond acceptors (Lipinski definition) is 4. The van der Waals surface area contributed by atoms with E-state index in [0.29, 0.717) is 18.7 Å². The largest absolute Gasteiger partial charge is 0.480 e. The summed E-state index contributed by atoms with van der Waals surface area (Å²) in [5.74, 6) is -1.21. The maximum atomic E-state index is 12.4. The van der Waals surface area contributed by atoms with Crippen molar-refractivity contribution in [2.75, 3.05) is 6.54 Å². The van der Waals surface area contributed by atoms with Crippen LogP contribution in [-0.2, 0) is 4.79 Å². The smallest absolute Gasteiger partial charge is 0.326 e. The Morgan fingerprint density at radius 2 is 2.33 bits per heavy atom. The lowest BCUT2D eigenvalue weighted by atomic mass is 10.2. The standard InChI is InChI=1S/C14H15N3O3S/c1-8-16-11(7-21-8)9-5-10(15-6-9)13(18)17-4-2-3-12(17)14(19)20/h5-7,12,15H,2-4H2,1H3,(H,19,20)/t12-/m1/s1. The Hall–Kier alpha value is -2.15. The normalized spacial score (nSPS) is 18.1. The van der Waals surface area contributed by atoms with E-state index in [1.165, 1.54) is 4.90 Å². The molecular formula is C14H15N3O3S. The molecule has 0 radical (unpaired) electrons. The van der Waals surface area contributed by atoms with Gasteiger partial charge in [0, 0.05) is 23.7 Å². The summed E-state index contributed by atoms with van der Waals surface area (Å²) in [7, 11) is 0. The van der Waals surface area contributed by atoms with Gasteiger partial charge in [0.05, 0.1) is 10.7 Å². The molecule has 2 aromatic heterocycles. The number of aromatic nitrogens is 2. The fourth-order valence-electron chi connectivity index (χ4n) is 2.58. The highest BCUT2D eigenvalue weighted by Gasteiger charge is 2.34. The lowest BCUT2D eigenvalue weighted by Gasteiger charge is -2.20. The number of nitrogens with zero attached hydrogens (tertiary/aromatic N) is 2. The number of nitrogens with one attached hydrogen (secondary N) is 1. The van der Waals surface area contributed by atoms with Crippen LogP contribution in [0.4, 0.5) is 0 Å². The summed E-state index contributed by atoms with van der Waals surface area (Å²) < 4.78 is 0. The summed E-state index contributed by atoms with van der Waals surface area (Å²) >= 11 is 1.55. The highest BCUT2D eigenvalue weighted by molar-refractivity contribution is 7.09. The number of amides is 1. The zero-order valence-electron chi connectivity index (χ0n) is 11.5. The van der Waals surface area contributed by atoms with Crippen molar-refractivity contribution in [3.63, 3.8) is 0 Å². The number of carboxylic acid groups (broad SMARTS) is 1. The van der Waals surface area contributed by atoms with Crippen LogP contribution in [0.1, 0.15) is 28.3 Å². The van der Waals surface area contributed by atoms with E-state index in [4.69, 9.17) is 5.11 Å². The minimum absolute atomic E-state index is 0.266. The molecule has 0 aromatic carbocycles. The number of carbonyl (C=O) groups is 2. The van der Waals surface area contributed by atoms with Crippen LogP contribution in [0.15, 0.2) is 17.6 Å². The van der Waals surface area contributed by atoms with Crippen LogP contribution in [0.2, 0.25) is 0 Å². The number of likely N-dealkylation sites (tertiary alicyclic amines) is 1. The highest BCUT2D eigenvalue weighted by atomic mass is 32.1. The first-order chi connectivity index (χ1) is 10.1. The average molecular weight is 305 g/mol. The second kappa shape index (κ2) is 5.33. The Morgan fingerprint density at radius 3 is 3.00 bits per heavy atom. The van der Waals surface area contributed by atoms with Crippen LogP contribution >= 0.6 is 11.3 Å². The lowest BCUT2D eigenvalue weighted by molar-refractivity contribution is -0.141. The molecular weight excluding hydrogens is 290 g/mol. The Morgan fingerprint density at radius 1 is 1.52 bits per heavy atom. The second-order valence-corrected chi connectivity index (χ2v) is 6.11. The van der Waals surface area contributed by atoms with E-state index in [2.05, 4.69) is 9.97 Å². The van der Waals surface area contributed by atoms with Gasteiger partial charge in [-0.2, -0.15) is 0 Å². The Labute approximate surface area is 125 Å². The summed E-state index contributed by atoms with van der Waals surface area (Å²) in [5.41, 5.74) is 2.07. The summed E-state index contributed by atoms with van der Waals surface area (Å²) in [6, 6.07) is 1.01. The molecule has 21 heavy (non-hydrogen) atoms. The molecule has 1 aliphatic heterocycles. The molecule has 7 heteroatoms. The summed E-state index contributed by atoms with van der Waals surface area (Å²) in [5, 5.41) is 12.0. The molecule has 0 aliphatic carbocycles. The monoisotopic (exact) mass is 305 g/mol. The predicted molar refractivity (Wildman–Crippen MR) is 78.3 cm³/mol. The fourth-order valence-corrected chi connectivity index (χ4v) is 3.20. The minimum Gasteiger partial charge on any atom is -0.480 e. The van der Waals surface area contributed by atoms with Crippen molar-refractivity contribution in [2.24, 2.45) is 0 Å². The SMILES string of the molecule is Cc1nc(-c2c[nH]c(C(=O)N3CCC[C@@H]3C(=O)O)c2)cs1. The first kappa shape index (κ1) is 13.8. The van der Waals surface area contributed by atoms with Crippen LogP contribution in [0.25, 0.3) is 11.3 Å². The summed E-state index contributed by atoms with van der Waals surface area (Å²) in [6.07, 6.45) is 2.97. The van der Waals surface area contributed by atoms with Crippen molar-refractivity contribution >= 4 is 23.2 Å². The van der Waals surface area contributed by atoms with Crippen molar-refractivity contribution in [1.29, 1.82) is 0 Å². The van der Waals surface area contributed by atoms with Gasteiger partial charge in [0.15, 0.2) is 0 Å². The average Bonchev–Trinajstić information content (AvgIpc) is 3.17. The van der Waals surface area contributed by atoms with Gasteiger partial charge in [-0.15, -0.1) is 11.3 Å². The molecule has 0 unspecified atom stereocenters. The number of hydrogen-bond donors (Lipinski definition) is 2. The van der Waals surface area contributed by atoms with Crippen molar-refractivity contribution in [3.05, 3.63) is 28.3 Å². The third-order valence-corrected chi connectivity index (χ3v) is 4.40. The third-order valence-electron chi connectivity index (χ3n) is 3.63. The number of aromatic amines is 1. The number of rotatable bonds is 3. The van der Waals surface area contributed by atoms with Gasteiger partial charge < -0.3 is 15.0 Å². The van der Waals surface area contributed by atoms with Crippen molar-refractivity contribution in [2.45, 2.75) is 25.8 Å². The van der Waals surface area contributed by atoms with Gasteiger partial charge in [-0.3, -0.25) is 4.79 Å². The Balaban J connectivity index is 1.83. The number of thiazole rings is 1. The zero-order valence-corrected chi connectivity index (χ0v) is 12.3. The van der Waals surface area contributed by atoms with Crippen LogP contribution in [0.3, 0.4) is 0 Å². The van der Waals surface area contributed by atoms with Crippen molar-refractivity contribution < 1.29 is 14.7 Å². The van der Waals surface area contributed by atoms with Gasteiger partial charge in [-0.1, -0.05) is 0 Å². The lowest BCUT2D eigenvalue weighted by Crippen LogP contribution is -2.40. The molecule has 6 nitrogen and oxygen atoms in total. The molecule has 1 amide bonds. The first-order valence-corrected chi connectivity index (χ1v) is 7.59. The molecule has 1 atom stereocenters. The second-order valence-electron chi connectivity index (χ2n) is 5.05. The summed E-state index contributed by atoms with van der Waals surface area (Å²) in [4.78, 5) is 32.3. The molecule has 1 aliphatic rings. The molecule has 110 valence electrons. The Bertz CT molecular complexity index is 691. The zero-order chi connectivity index (χ0) is 15.0. The third kappa shape index (κ3) is 2.56. The topological polar surface area (TPSA) is 86.3 Å². The van der Waals surface area contributed by atoms with Crippen molar-refractivity contribution in [1.82, 2.24) is 14.9 Å². The molecule has 2 N–H and O–H groups in total. The fraction of sp³-hybridized carbons (Fsp3) is 0.357. The molecule has 0 bridgehead atoms. The number of carbonyl (C=O) groups excluding carboxylic acids is 1. The predicted octanol–water partition coefficient (Wildman–Crippen LogP) is 2.14. The van der Waals surface area contributed by atoms with E-state index < -0.39 is 12.0 Å². The number of aryl methyl sites for hydroxylation is 1. The van der Waals surface area contributed by atoms with Gasteiger partial charge in [-0.05, 0) is 25.8 Å². The highest BCUT2D eigenvalue weighted by Crippen LogP contribution is 2.25. The van der Waals surface area contributed by atoms with Crippen LogP contribution in [-0.4, -0.2) is 44.4 Å². The maximum absolute atomic E-state index is 12.4. The molecule has 0 spiro atoms. The number of aliphatic carboxylic acids is 1. The Kier molecular flexibility index (Phi) is 3.50. The molecule has 3 heterocycles. The van der Waals surface area contributed by atoms with Gasteiger partial charge in [-0.25, -0.2) is 9.78 Å². The van der Waals surface area contributed by atoms with Crippen molar-refractivity contribution in [3.8, 4) is 11.3 Å². The van der Waals surface area contributed by atoms with Gasteiger partial charge >= 0.3 is 5.97 Å².